The minimum Gasteiger partial charge on any atom is -0.339 e. The first-order chi connectivity index (χ1) is 12.7. The molecule has 2 aromatic carbocycles. The summed E-state index contributed by atoms with van der Waals surface area (Å²) in [6, 6.07) is 19.1. The first-order valence-electron chi connectivity index (χ1n) is 8.35. The SMILES string of the molecule is CCN(Cc1ccccc1)C(=O)c1ccc(Nc2cccc(F)c2)nn1. The van der Waals surface area contributed by atoms with Crippen molar-refractivity contribution in [1.29, 1.82) is 0 Å². The molecule has 1 aromatic heterocycles. The summed E-state index contributed by atoms with van der Waals surface area (Å²) in [5.41, 5.74) is 1.89. The quantitative estimate of drug-likeness (QED) is 0.729. The Labute approximate surface area is 151 Å². The Bertz CT molecular complexity index is 868. The number of nitrogens with zero attached hydrogens (tertiary/aromatic N) is 3. The lowest BCUT2D eigenvalue weighted by Crippen LogP contribution is -2.31. The predicted octanol–water partition coefficient (Wildman–Crippen LogP) is 4.02. The van der Waals surface area contributed by atoms with Gasteiger partial charge in [-0.25, -0.2) is 4.39 Å². The van der Waals surface area contributed by atoms with E-state index in [1.165, 1.54) is 12.1 Å². The van der Waals surface area contributed by atoms with E-state index in [1.54, 1.807) is 29.2 Å². The number of hydrogen-bond donors (Lipinski definition) is 1. The molecular formula is C20H19FN4O. The summed E-state index contributed by atoms with van der Waals surface area (Å²) in [7, 11) is 0. The summed E-state index contributed by atoms with van der Waals surface area (Å²) in [6.45, 7) is 3.01. The third kappa shape index (κ3) is 4.42. The van der Waals surface area contributed by atoms with Crippen molar-refractivity contribution in [2.24, 2.45) is 0 Å². The number of nitrogens with one attached hydrogen (secondary N) is 1. The van der Waals surface area contributed by atoms with Gasteiger partial charge in [-0.2, -0.15) is 0 Å². The monoisotopic (exact) mass is 350 g/mol. The van der Waals surface area contributed by atoms with Crippen molar-refractivity contribution in [2.45, 2.75) is 13.5 Å². The number of rotatable bonds is 6. The molecule has 6 heteroatoms. The average Bonchev–Trinajstić information content (AvgIpc) is 2.67. The van der Waals surface area contributed by atoms with Crippen LogP contribution in [0.1, 0.15) is 23.0 Å². The van der Waals surface area contributed by atoms with Crippen molar-refractivity contribution < 1.29 is 9.18 Å². The summed E-state index contributed by atoms with van der Waals surface area (Å²) < 4.78 is 13.2. The van der Waals surface area contributed by atoms with Crippen molar-refractivity contribution in [1.82, 2.24) is 15.1 Å². The molecule has 0 unspecified atom stereocenters. The summed E-state index contributed by atoms with van der Waals surface area (Å²) in [5, 5.41) is 11.0. The summed E-state index contributed by atoms with van der Waals surface area (Å²) in [5.74, 6) is -0.0753. The molecule has 0 bridgehead atoms. The Hall–Kier alpha value is -3.28. The molecule has 0 atom stereocenters. The Morgan fingerprint density at radius 3 is 2.50 bits per heavy atom. The fourth-order valence-corrected chi connectivity index (χ4v) is 2.52. The van der Waals surface area contributed by atoms with Crippen LogP contribution in [0.4, 0.5) is 15.9 Å². The Morgan fingerprint density at radius 1 is 1.04 bits per heavy atom. The van der Waals surface area contributed by atoms with Crippen molar-refractivity contribution in [3.05, 3.63) is 83.8 Å². The molecule has 0 aliphatic heterocycles. The average molecular weight is 350 g/mol. The van der Waals surface area contributed by atoms with Gasteiger partial charge in [0.1, 0.15) is 5.82 Å². The van der Waals surface area contributed by atoms with E-state index >= 15 is 0 Å². The van der Waals surface area contributed by atoms with Gasteiger partial charge in [0, 0.05) is 18.8 Å². The fourth-order valence-electron chi connectivity index (χ4n) is 2.52. The van der Waals surface area contributed by atoms with Crippen molar-refractivity contribution in [3.63, 3.8) is 0 Å². The highest BCUT2D eigenvalue weighted by atomic mass is 19.1. The van der Waals surface area contributed by atoms with Crippen molar-refractivity contribution >= 4 is 17.4 Å². The molecule has 0 radical (unpaired) electrons. The van der Waals surface area contributed by atoms with Crippen LogP contribution in [0.2, 0.25) is 0 Å². The molecule has 3 rings (SSSR count). The third-order valence-corrected chi connectivity index (χ3v) is 3.87. The van der Waals surface area contributed by atoms with Gasteiger partial charge < -0.3 is 10.2 Å². The zero-order valence-corrected chi connectivity index (χ0v) is 14.4. The first kappa shape index (κ1) is 17.5. The van der Waals surface area contributed by atoms with E-state index < -0.39 is 0 Å². The van der Waals surface area contributed by atoms with Crippen LogP contribution in [-0.4, -0.2) is 27.5 Å². The molecule has 26 heavy (non-hydrogen) atoms. The Kier molecular flexibility index (Phi) is 5.53. The van der Waals surface area contributed by atoms with Crippen LogP contribution < -0.4 is 5.32 Å². The van der Waals surface area contributed by atoms with E-state index in [2.05, 4.69) is 15.5 Å². The molecule has 1 N–H and O–H groups in total. The molecule has 0 aliphatic rings. The number of halogens is 1. The number of aromatic nitrogens is 2. The van der Waals surface area contributed by atoms with Crippen LogP contribution in [0, 0.1) is 5.82 Å². The maximum atomic E-state index is 13.2. The molecule has 1 heterocycles. The Morgan fingerprint density at radius 2 is 1.85 bits per heavy atom. The third-order valence-electron chi connectivity index (χ3n) is 3.87. The molecule has 5 nitrogen and oxygen atoms in total. The smallest absolute Gasteiger partial charge is 0.274 e. The van der Waals surface area contributed by atoms with E-state index in [0.29, 0.717) is 24.6 Å². The second kappa shape index (κ2) is 8.20. The van der Waals surface area contributed by atoms with E-state index in [9.17, 15) is 9.18 Å². The van der Waals surface area contributed by atoms with E-state index in [1.807, 2.05) is 37.3 Å². The fraction of sp³-hybridized carbons (Fsp3) is 0.150. The van der Waals surface area contributed by atoms with Crippen LogP contribution in [0.15, 0.2) is 66.7 Å². The van der Waals surface area contributed by atoms with Crippen molar-refractivity contribution in [2.75, 3.05) is 11.9 Å². The standard InChI is InChI=1S/C20H19FN4O/c1-2-25(14-15-7-4-3-5-8-15)20(26)18-11-12-19(24-23-18)22-17-10-6-9-16(21)13-17/h3-13H,2,14H2,1H3,(H,22,24). The van der Waals surface area contributed by atoms with E-state index in [-0.39, 0.29) is 17.4 Å². The lowest BCUT2D eigenvalue weighted by Gasteiger charge is -2.20. The van der Waals surface area contributed by atoms with Crippen molar-refractivity contribution in [3.8, 4) is 0 Å². The predicted molar refractivity (Wildman–Crippen MR) is 98.6 cm³/mol. The summed E-state index contributed by atoms with van der Waals surface area (Å²) >= 11 is 0. The molecule has 1 amide bonds. The highest BCUT2D eigenvalue weighted by Gasteiger charge is 2.16. The second-order valence-corrected chi connectivity index (χ2v) is 5.74. The lowest BCUT2D eigenvalue weighted by molar-refractivity contribution is 0.0745. The number of anilines is 2. The number of benzene rings is 2. The largest absolute Gasteiger partial charge is 0.339 e. The van der Waals surface area contributed by atoms with E-state index in [4.69, 9.17) is 0 Å². The lowest BCUT2D eigenvalue weighted by atomic mass is 10.2. The summed E-state index contributed by atoms with van der Waals surface area (Å²) in [4.78, 5) is 14.4. The number of carbonyl (C=O) groups excluding carboxylic acids is 1. The van der Waals surface area contributed by atoms with Gasteiger partial charge in [0.15, 0.2) is 11.5 Å². The van der Waals surface area contributed by atoms with Gasteiger partial charge in [-0.05, 0) is 42.8 Å². The number of amides is 1. The van der Waals surface area contributed by atoms with Gasteiger partial charge in [-0.3, -0.25) is 4.79 Å². The second-order valence-electron chi connectivity index (χ2n) is 5.74. The summed E-state index contributed by atoms with van der Waals surface area (Å²) in [6.07, 6.45) is 0. The van der Waals surface area contributed by atoms with Gasteiger partial charge in [0.05, 0.1) is 0 Å². The minimum atomic E-state index is -0.339. The molecule has 0 spiro atoms. The van der Waals surface area contributed by atoms with Crippen LogP contribution in [-0.2, 0) is 6.54 Å². The number of hydrogen-bond acceptors (Lipinski definition) is 4. The molecule has 3 aromatic rings. The maximum absolute atomic E-state index is 13.2. The van der Waals surface area contributed by atoms with Gasteiger partial charge >= 0.3 is 0 Å². The zero-order chi connectivity index (χ0) is 18.4. The molecule has 0 saturated carbocycles. The van der Waals surface area contributed by atoms with Gasteiger partial charge in [0.25, 0.3) is 5.91 Å². The van der Waals surface area contributed by atoms with Crippen LogP contribution in [0.25, 0.3) is 0 Å². The highest BCUT2D eigenvalue weighted by Crippen LogP contribution is 2.15. The highest BCUT2D eigenvalue weighted by molar-refractivity contribution is 5.92. The van der Waals surface area contributed by atoms with Gasteiger partial charge in [-0.15, -0.1) is 10.2 Å². The maximum Gasteiger partial charge on any atom is 0.274 e. The number of carbonyl (C=O) groups is 1. The first-order valence-corrected chi connectivity index (χ1v) is 8.35. The van der Waals surface area contributed by atoms with Gasteiger partial charge in [0.2, 0.25) is 0 Å². The molecule has 132 valence electrons. The molecular weight excluding hydrogens is 331 g/mol. The molecule has 0 saturated heterocycles. The van der Waals surface area contributed by atoms with E-state index in [0.717, 1.165) is 5.56 Å². The molecule has 0 aliphatic carbocycles. The van der Waals surface area contributed by atoms with Crippen LogP contribution in [0.3, 0.4) is 0 Å². The van der Waals surface area contributed by atoms with Gasteiger partial charge in [-0.1, -0.05) is 36.4 Å². The topological polar surface area (TPSA) is 58.1 Å². The minimum absolute atomic E-state index is 0.179. The zero-order valence-electron chi connectivity index (χ0n) is 14.4. The molecule has 0 fully saturated rings. The Balaban J connectivity index is 1.69. The van der Waals surface area contributed by atoms with Crippen LogP contribution >= 0.6 is 0 Å². The normalized spacial score (nSPS) is 10.4. The van der Waals surface area contributed by atoms with Crippen LogP contribution in [0.5, 0.6) is 0 Å².